The van der Waals surface area contributed by atoms with Gasteiger partial charge in [0, 0.05) is 28.5 Å². The van der Waals surface area contributed by atoms with Crippen LogP contribution in [0.2, 0.25) is 0 Å². The van der Waals surface area contributed by atoms with E-state index in [1.807, 2.05) is 30.5 Å². The standard InChI is InChI=1S/C20H19FN2O3S/c21-16-6-2-4-8-18(16)27-13-20(25)26-12-19(24)22-10-9-14-11-23-17-7-3-1-5-15(14)17/h1-8,11,23H,9-10,12-13H2,(H,22,24). The van der Waals surface area contributed by atoms with E-state index in [1.54, 1.807) is 18.2 Å². The molecule has 3 aromatic rings. The molecule has 140 valence electrons. The van der Waals surface area contributed by atoms with Crippen molar-refractivity contribution in [2.45, 2.75) is 11.3 Å². The van der Waals surface area contributed by atoms with Crippen LogP contribution in [0, 0.1) is 5.82 Å². The number of carbonyl (C=O) groups excluding carboxylic acids is 2. The molecule has 0 saturated carbocycles. The molecule has 0 radical (unpaired) electrons. The van der Waals surface area contributed by atoms with E-state index >= 15 is 0 Å². The quantitative estimate of drug-likeness (QED) is 0.460. The molecule has 0 aliphatic carbocycles. The minimum atomic E-state index is -0.560. The van der Waals surface area contributed by atoms with Crippen LogP contribution in [-0.2, 0) is 20.7 Å². The monoisotopic (exact) mass is 386 g/mol. The van der Waals surface area contributed by atoms with Crippen LogP contribution in [0.4, 0.5) is 4.39 Å². The Morgan fingerprint density at radius 3 is 2.74 bits per heavy atom. The average Bonchev–Trinajstić information content (AvgIpc) is 3.09. The van der Waals surface area contributed by atoms with Crippen LogP contribution in [0.1, 0.15) is 5.56 Å². The fourth-order valence-electron chi connectivity index (χ4n) is 2.61. The summed E-state index contributed by atoms with van der Waals surface area (Å²) in [4.78, 5) is 27.1. The van der Waals surface area contributed by atoms with Crippen molar-refractivity contribution in [1.29, 1.82) is 0 Å². The molecule has 0 aliphatic heterocycles. The molecule has 0 bridgehead atoms. The zero-order valence-corrected chi connectivity index (χ0v) is 15.4. The highest BCUT2D eigenvalue weighted by Crippen LogP contribution is 2.21. The van der Waals surface area contributed by atoms with E-state index in [9.17, 15) is 14.0 Å². The van der Waals surface area contributed by atoms with E-state index in [4.69, 9.17) is 4.74 Å². The molecule has 2 N–H and O–H groups in total. The van der Waals surface area contributed by atoms with Crippen molar-refractivity contribution in [3.8, 4) is 0 Å². The van der Waals surface area contributed by atoms with Gasteiger partial charge >= 0.3 is 5.97 Å². The highest BCUT2D eigenvalue weighted by Gasteiger charge is 2.10. The second-order valence-corrected chi connectivity index (χ2v) is 6.86. The fraction of sp³-hybridized carbons (Fsp3) is 0.200. The Labute approximate surface area is 160 Å². The highest BCUT2D eigenvalue weighted by atomic mass is 32.2. The largest absolute Gasteiger partial charge is 0.455 e. The molecule has 3 rings (SSSR count). The van der Waals surface area contributed by atoms with Gasteiger partial charge in [-0.15, -0.1) is 11.8 Å². The zero-order valence-electron chi connectivity index (χ0n) is 14.5. The zero-order chi connectivity index (χ0) is 19.1. The summed E-state index contributed by atoms with van der Waals surface area (Å²) in [6.45, 7) is 0.104. The first kappa shape index (κ1) is 19.0. The number of nitrogens with one attached hydrogen (secondary N) is 2. The molecule has 0 atom stereocenters. The first-order valence-corrected chi connectivity index (χ1v) is 9.46. The van der Waals surface area contributed by atoms with Crippen LogP contribution < -0.4 is 5.32 Å². The van der Waals surface area contributed by atoms with Crippen LogP contribution in [0.5, 0.6) is 0 Å². The maximum atomic E-state index is 13.5. The summed E-state index contributed by atoms with van der Waals surface area (Å²) in [5, 5.41) is 3.86. The number of halogens is 1. The lowest BCUT2D eigenvalue weighted by molar-refractivity contribution is -0.145. The van der Waals surface area contributed by atoms with Gasteiger partial charge in [-0.3, -0.25) is 9.59 Å². The van der Waals surface area contributed by atoms with Crippen LogP contribution in [0.25, 0.3) is 10.9 Å². The number of thioether (sulfide) groups is 1. The molecule has 0 spiro atoms. The first-order valence-electron chi connectivity index (χ1n) is 8.48. The predicted molar refractivity (Wildman–Crippen MR) is 103 cm³/mol. The number of benzene rings is 2. The van der Waals surface area contributed by atoms with Crippen molar-refractivity contribution in [1.82, 2.24) is 10.3 Å². The summed E-state index contributed by atoms with van der Waals surface area (Å²) in [7, 11) is 0. The Kier molecular flexibility index (Phi) is 6.49. The molecule has 0 saturated heterocycles. The lowest BCUT2D eigenvalue weighted by atomic mass is 10.1. The number of rotatable bonds is 8. The molecule has 2 aromatic carbocycles. The third-order valence-electron chi connectivity index (χ3n) is 3.94. The van der Waals surface area contributed by atoms with Crippen LogP contribution in [0.3, 0.4) is 0 Å². The maximum absolute atomic E-state index is 13.5. The number of amides is 1. The van der Waals surface area contributed by atoms with Gasteiger partial charge in [-0.1, -0.05) is 30.3 Å². The highest BCUT2D eigenvalue weighted by molar-refractivity contribution is 8.00. The number of ether oxygens (including phenoxy) is 1. The summed E-state index contributed by atoms with van der Waals surface area (Å²) in [5.74, 6) is -1.36. The summed E-state index contributed by atoms with van der Waals surface area (Å²) >= 11 is 1.04. The molecular weight excluding hydrogens is 367 g/mol. The first-order chi connectivity index (χ1) is 13.1. The second-order valence-electron chi connectivity index (χ2n) is 5.84. The van der Waals surface area contributed by atoms with Crippen molar-refractivity contribution >= 4 is 34.5 Å². The molecule has 1 heterocycles. The molecule has 1 amide bonds. The van der Waals surface area contributed by atoms with Gasteiger partial charge in [0.1, 0.15) is 5.82 Å². The number of aromatic nitrogens is 1. The number of esters is 1. The lowest BCUT2D eigenvalue weighted by Gasteiger charge is -2.07. The SMILES string of the molecule is O=C(COC(=O)CSc1ccccc1F)NCCc1c[nH]c2ccccc12. The van der Waals surface area contributed by atoms with Gasteiger partial charge in [-0.05, 0) is 30.2 Å². The summed E-state index contributed by atoms with van der Waals surface area (Å²) < 4.78 is 18.4. The minimum absolute atomic E-state index is 0.0520. The van der Waals surface area contributed by atoms with Crippen molar-refractivity contribution in [3.63, 3.8) is 0 Å². The Bertz CT molecular complexity index is 942. The van der Waals surface area contributed by atoms with Gasteiger partial charge in [0.05, 0.1) is 5.75 Å². The van der Waals surface area contributed by atoms with Gasteiger partial charge < -0.3 is 15.0 Å². The van der Waals surface area contributed by atoms with Gasteiger partial charge in [-0.25, -0.2) is 4.39 Å². The summed E-state index contributed by atoms with van der Waals surface area (Å²) in [6.07, 6.45) is 2.60. The van der Waals surface area contributed by atoms with Gasteiger partial charge in [-0.2, -0.15) is 0 Å². The molecule has 0 fully saturated rings. The van der Waals surface area contributed by atoms with Crippen LogP contribution >= 0.6 is 11.8 Å². The predicted octanol–water partition coefficient (Wildman–Crippen LogP) is 3.30. The van der Waals surface area contributed by atoms with Crippen LogP contribution in [-0.4, -0.2) is 35.8 Å². The van der Waals surface area contributed by atoms with Gasteiger partial charge in [0.15, 0.2) is 6.61 Å². The van der Waals surface area contributed by atoms with Crippen molar-refractivity contribution in [2.24, 2.45) is 0 Å². The van der Waals surface area contributed by atoms with E-state index < -0.39 is 5.97 Å². The average molecular weight is 386 g/mol. The molecule has 0 unspecified atom stereocenters. The molecule has 7 heteroatoms. The van der Waals surface area contributed by atoms with E-state index in [2.05, 4.69) is 10.3 Å². The smallest absolute Gasteiger partial charge is 0.316 e. The molecule has 1 aromatic heterocycles. The second kappa shape index (κ2) is 9.23. The molecular formula is C20H19FN2O3S. The Hall–Kier alpha value is -2.80. The minimum Gasteiger partial charge on any atom is -0.455 e. The number of fused-ring (bicyclic) bond motifs is 1. The summed E-state index contributed by atoms with van der Waals surface area (Å²) in [6, 6.07) is 14.1. The Morgan fingerprint density at radius 1 is 1.11 bits per heavy atom. The lowest BCUT2D eigenvalue weighted by Crippen LogP contribution is -2.30. The number of hydrogen-bond donors (Lipinski definition) is 2. The van der Waals surface area contributed by atoms with E-state index in [1.165, 1.54) is 6.07 Å². The van der Waals surface area contributed by atoms with E-state index in [0.717, 1.165) is 28.2 Å². The summed E-state index contributed by atoms with van der Waals surface area (Å²) in [5.41, 5.74) is 2.17. The van der Waals surface area contributed by atoms with Crippen molar-refractivity contribution in [3.05, 3.63) is 66.1 Å². The van der Waals surface area contributed by atoms with E-state index in [0.29, 0.717) is 17.9 Å². The fourth-order valence-corrected chi connectivity index (χ4v) is 3.35. The van der Waals surface area contributed by atoms with Crippen molar-refractivity contribution in [2.75, 3.05) is 18.9 Å². The molecule has 27 heavy (non-hydrogen) atoms. The number of para-hydroxylation sites is 1. The van der Waals surface area contributed by atoms with Gasteiger partial charge in [0.2, 0.25) is 0 Å². The third kappa shape index (κ3) is 5.34. The Balaban J connectivity index is 1.36. The normalized spacial score (nSPS) is 10.7. The van der Waals surface area contributed by atoms with E-state index in [-0.39, 0.29) is 24.1 Å². The number of aromatic amines is 1. The number of carbonyl (C=O) groups is 2. The number of H-pyrrole nitrogens is 1. The third-order valence-corrected chi connectivity index (χ3v) is 4.96. The van der Waals surface area contributed by atoms with Crippen LogP contribution in [0.15, 0.2) is 59.6 Å². The topological polar surface area (TPSA) is 71.2 Å². The maximum Gasteiger partial charge on any atom is 0.316 e. The number of hydrogen-bond acceptors (Lipinski definition) is 4. The molecule has 5 nitrogen and oxygen atoms in total. The van der Waals surface area contributed by atoms with Gasteiger partial charge in [0.25, 0.3) is 5.91 Å². The van der Waals surface area contributed by atoms with Crippen molar-refractivity contribution < 1.29 is 18.7 Å². The Morgan fingerprint density at radius 2 is 1.89 bits per heavy atom. The molecule has 0 aliphatic rings.